The van der Waals surface area contributed by atoms with Gasteiger partial charge >= 0.3 is 0 Å². The molecule has 0 saturated heterocycles. The monoisotopic (exact) mass is 323 g/mol. The first-order chi connectivity index (χ1) is 10.4. The minimum absolute atomic E-state index is 0.267. The fourth-order valence-electron chi connectivity index (χ4n) is 1.88. The highest BCUT2D eigenvalue weighted by molar-refractivity contribution is 7.85. The van der Waals surface area contributed by atoms with Crippen molar-refractivity contribution in [2.75, 3.05) is 18.1 Å². The van der Waals surface area contributed by atoms with E-state index in [4.69, 9.17) is 15.0 Å². The summed E-state index contributed by atoms with van der Waals surface area (Å²) in [6.07, 6.45) is 4.00. The molecule has 0 radical (unpaired) electrons. The average Bonchev–Trinajstić information content (AvgIpc) is 2.48. The summed E-state index contributed by atoms with van der Waals surface area (Å²) >= 11 is 0. The van der Waals surface area contributed by atoms with E-state index in [1.165, 1.54) is 0 Å². The molecular weight excluding hydrogens is 304 g/mol. The van der Waals surface area contributed by atoms with Gasteiger partial charge in [-0.15, -0.1) is 0 Å². The van der Waals surface area contributed by atoms with E-state index in [-0.39, 0.29) is 5.75 Å². The molecule has 0 aliphatic heterocycles. The summed E-state index contributed by atoms with van der Waals surface area (Å²) < 4.78 is 37.6. The van der Waals surface area contributed by atoms with E-state index in [9.17, 15) is 8.42 Å². The second-order valence-corrected chi connectivity index (χ2v) is 6.47. The molecule has 0 bridgehead atoms. The van der Waals surface area contributed by atoms with Gasteiger partial charge in [0.1, 0.15) is 12.4 Å². The predicted octanol–water partition coefficient (Wildman–Crippen LogP) is 1.07. The van der Waals surface area contributed by atoms with Crippen LogP contribution < -0.4 is 15.0 Å². The maximum atomic E-state index is 10.7. The van der Waals surface area contributed by atoms with E-state index in [1.54, 1.807) is 12.1 Å². The number of aryl methyl sites for hydroxylation is 1. The number of nitrogen functional groups attached to an aromatic ring is 1. The molecule has 0 spiro atoms. The Morgan fingerprint density at radius 3 is 2.32 bits per heavy atom. The molecule has 2 aromatic rings. The van der Waals surface area contributed by atoms with Crippen LogP contribution in [0.3, 0.4) is 0 Å². The van der Waals surface area contributed by atoms with E-state index in [2.05, 4.69) is 0 Å². The third kappa shape index (κ3) is 5.71. The van der Waals surface area contributed by atoms with Crippen molar-refractivity contribution < 1.29 is 22.3 Å². The molecule has 0 fully saturated rings. The van der Waals surface area contributed by atoms with E-state index in [0.29, 0.717) is 25.3 Å². The summed E-state index contributed by atoms with van der Waals surface area (Å²) in [5, 5.41) is 0. The molecule has 6 nitrogen and oxygen atoms in total. The molecule has 0 unspecified atom stereocenters. The number of pyridine rings is 1. The molecule has 2 rings (SSSR count). The zero-order valence-corrected chi connectivity index (χ0v) is 12.9. The van der Waals surface area contributed by atoms with Gasteiger partial charge in [0.05, 0.1) is 5.75 Å². The summed E-state index contributed by atoms with van der Waals surface area (Å²) in [4.78, 5) is 0. The first kappa shape index (κ1) is 16.3. The number of hydrogen-bond donors (Lipinski definition) is 2. The van der Waals surface area contributed by atoms with Crippen molar-refractivity contribution in [3.63, 3.8) is 0 Å². The normalized spacial score (nSPS) is 11.3. The standard InChI is InChI=1S/C15H18N2O4S/c16-14-1-3-15(4-2-14)21-11-10-17-8-5-13(6-9-17)7-12-22(18,19)20/h1-6,8-9H,7,10-12,16H2/p+1. The van der Waals surface area contributed by atoms with Crippen LogP contribution in [0.25, 0.3) is 0 Å². The predicted molar refractivity (Wildman–Crippen MR) is 83.1 cm³/mol. The van der Waals surface area contributed by atoms with E-state index >= 15 is 0 Å². The Morgan fingerprint density at radius 1 is 1.09 bits per heavy atom. The molecule has 0 aliphatic carbocycles. The van der Waals surface area contributed by atoms with Crippen LogP contribution in [0.5, 0.6) is 5.75 Å². The van der Waals surface area contributed by atoms with Gasteiger partial charge in [0.2, 0.25) is 0 Å². The summed E-state index contributed by atoms with van der Waals surface area (Å²) in [6, 6.07) is 10.9. The lowest BCUT2D eigenvalue weighted by molar-refractivity contribution is -0.697. The van der Waals surface area contributed by atoms with Gasteiger partial charge in [0.15, 0.2) is 18.9 Å². The lowest BCUT2D eigenvalue weighted by Crippen LogP contribution is -2.35. The van der Waals surface area contributed by atoms with Gasteiger partial charge in [-0.1, -0.05) is 0 Å². The number of benzene rings is 1. The van der Waals surface area contributed by atoms with Gasteiger partial charge in [-0.2, -0.15) is 8.42 Å². The lowest BCUT2D eigenvalue weighted by Gasteiger charge is -2.04. The zero-order chi connectivity index (χ0) is 16.0. The first-order valence-electron chi connectivity index (χ1n) is 6.84. The van der Waals surface area contributed by atoms with Gasteiger partial charge in [-0.3, -0.25) is 4.55 Å². The average molecular weight is 323 g/mol. The van der Waals surface area contributed by atoms with Crippen molar-refractivity contribution in [2.45, 2.75) is 13.0 Å². The number of aromatic nitrogens is 1. The van der Waals surface area contributed by atoms with Crippen LogP contribution in [0.1, 0.15) is 5.56 Å². The Bertz CT molecular complexity index is 697. The zero-order valence-electron chi connectivity index (χ0n) is 12.1. The topological polar surface area (TPSA) is 93.5 Å². The Kier molecular flexibility index (Phi) is 5.35. The molecule has 3 N–H and O–H groups in total. The quantitative estimate of drug-likeness (QED) is 0.451. The van der Waals surface area contributed by atoms with Crippen molar-refractivity contribution in [3.05, 3.63) is 54.4 Å². The SMILES string of the molecule is Nc1ccc(OCC[n+]2ccc(CCS(=O)(=O)O)cc2)cc1. The van der Waals surface area contributed by atoms with Crippen molar-refractivity contribution in [1.29, 1.82) is 0 Å². The Balaban J connectivity index is 1.80. The van der Waals surface area contributed by atoms with Crippen LogP contribution in [0, 0.1) is 0 Å². The summed E-state index contributed by atoms with van der Waals surface area (Å²) in [7, 11) is -3.92. The van der Waals surface area contributed by atoms with E-state index in [1.807, 2.05) is 41.2 Å². The Labute approximate surface area is 129 Å². The summed E-state index contributed by atoms with van der Waals surface area (Å²) in [5.41, 5.74) is 7.15. The summed E-state index contributed by atoms with van der Waals surface area (Å²) in [6.45, 7) is 1.18. The van der Waals surface area contributed by atoms with Crippen molar-refractivity contribution in [3.8, 4) is 5.75 Å². The summed E-state index contributed by atoms with van der Waals surface area (Å²) in [5.74, 6) is 0.497. The Hall–Kier alpha value is -2.12. The van der Waals surface area contributed by atoms with Crippen LogP contribution in [0.2, 0.25) is 0 Å². The van der Waals surface area contributed by atoms with E-state index < -0.39 is 10.1 Å². The molecule has 1 heterocycles. The maximum absolute atomic E-state index is 10.7. The molecule has 7 heteroatoms. The largest absolute Gasteiger partial charge is 0.487 e. The fourth-order valence-corrected chi connectivity index (χ4v) is 2.38. The Morgan fingerprint density at radius 2 is 1.73 bits per heavy atom. The van der Waals surface area contributed by atoms with Gasteiger partial charge in [0, 0.05) is 17.8 Å². The molecule has 0 aliphatic rings. The second-order valence-electron chi connectivity index (χ2n) is 4.90. The molecule has 0 saturated carbocycles. The van der Waals surface area contributed by atoms with Crippen LogP contribution in [0.4, 0.5) is 5.69 Å². The second kappa shape index (κ2) is 7.24. The van der Waals surface area contributed by atoms with Crippen molar-refractivity contribution >= 4 is 15.8 Å². The number of anilines is 1. The maximum Gasteiger partial charge on any atom is 0.265 e. The molecule has 1 aromatic heterocycles. The van der Waals surface area contributed by atoms with Crippen LogP contribution in [0.15, 0.2) is 48.8 Å². The molecule has 1 aromatic carbocycles. The van der Waals surface area contributed by atoms with Crippen LogP contribution in [-0.4, -0.2) is 25.3 Å². The number of hydrogen-bond acceptors (Lipinski definition) is 4. The molecule has 0 atom stereocenters. The number of nitrogens with two attached hydrogens (primary N) is 1. The minimum atomic E-state index is -3.92. The third-order valence-corrected chi connectivity index (χ3v) is 3.83. The lowest BCUT2D eigenvalue weighted by atomic mass is 10.2. The number of ether oxygens (including phenoxy) is 1. The molecular formula is C15H19N2O4S+. The van der Waals surface area contributed by atoms with Crippen LogP contribution in [-0.2, 0) is 23.1 Å². The fraction of sp³-hybridized carbons (Fsp3) is 0.267. The number of nitrogens with zero attached hydrogens (tertiary/aromatic N) is 1. The van der Waals surface area contributed by atoms with Crippen LogP contribution >= 0.6 is 0 Å². The number of rotatable bonds is 7. The van der Waals surface area contributed by atoms with E-state index in [0.717, 1.165) is 11.3 Å². The van der Waals surface area contributed by atoms with Gasteiger partial charge in [-0.05, 0) is 36.2 Å². The highest BCUT2D eigenvalue weighted by atomic mass is 32.2. The third-order valence-electron chi connectivity index (χ3n) is 3.11. The van der Waals surface area contributed by atoms with Gasteiger partial charge < -0.3 is 10.5 Å². The van der Waals surface area contributed by atoms with Gasteiger partial charge in [0.25, 0.3) is 10.1 Å². The molecule has 22 heavy (non-hydrogen) atoms. The minimum Gasteiger partial charge on any atom is -0.487 e. The first-order valence-corrected chi connectivity index (χ1v) is 8.45. The smallest absolute Gasteiger partial charge is 0.265 e. The van der Waals surface area contributed by atoms with Gasteiger partial charge in [-0.25, -0.2) is 4.57 Å². The highest BCUT2D eigenvalue weighted by Gasteiger charge is 2.07. The van der Waals surface area contributed by atoms with Crippen molar-refractivity contribution in [2.24, 2.45) is 0 Å². The molecule has 118 valence electrons. The highest BCUT2D eigenvalue weighted by Crippen LogP contribution is 2.12. The van der Waals surface area contributed by atoms with Crippen molar-refractivity contribution in [1.82, 2.24) is 0 Å². The molecule has 0 amide bonds.